The fourth-order valence-electron chi connectivity index (χ4n) is 3.16. The molecule has 4 heteroatoms. The number of nitriles is 1. The fraction of sp³-hybridized carbons (Fsp3) is 0.529. The topological polar surface area (TPSA) is 62.1 Å². The maximum atomic E-state index is 12.3. The molecule has 1 aromatic carbocycles. The van der Waals surface area contributed by atoms with E-state index in [0.29, 0.717) is 19.1 Å². The Morgan fingerprint density at radius 1 is 1.48 bits per heavy atom. The number of nitrogens with zero attached hydrogens (tertiary/aromatic N) is 1. The Hall–Kier alpha value is -1.86. The number of carbonyl (C=O) groups excluding carboxylic acids is 1. The summed E-state index contributed by atoms with van der Waals surface area (Å²) in [4.78, 5) is 12.3. The fourth-order valence-corrected chi connectivity index (χ4v) is 3.16. The van der Waals surface area contributed by atoms with Crippen LogP contribution < -0.4 is 5.32 Å². The van der Waals surface area contributed by atoms with Crippen LogP contribution in [0, 0.1) is 30.1 Å². The highest BCUT2D eigenvalue weighted by Gasteiger charge is 2.45. The lowest BCUT2D eigenvalue weighted by Crippen LogP contribution is -2.40. The zero-order valence-electron chi connectivity index (χ0n) is 12.2. The van der Waals surface area contributed by atoms with Gasteiger partial charge in [0.2, 0.25) is 5.91 Å². The molecule has 4 atom stereocenters. The molecule has 1 saturated heterocycles. The summed E-state index contributed by atoms with van der Waals surface area (Å²) in [7, 11) is 0. The van der Waals surface area contributed by atoms with Crippen molar-refractivity contribution in [1.29, 1.82) is 5.26 Å². The van der Waals surface area contributed by atoms with E-state index in [-0.39, 0.29) is 17.7 Å². The minimum atomic E-state index is -0.418. The van der Waals surface area contributed by atoms with E-state index in [1.807, 2.05) is 12.1 Å². The van der Waals surface area contributed by atoms with Gasteiger partial charge in [0.25, 0.3) is 0 Å². The van der Waals surface area contributed by atoms with Gasteiger partial charge in [-0.3, -0.25) is 4.79 Å². The van der Waals surface area contributed by atoms with E-state index in [1.54, 1.807) is 0 Å². The third-order valence-corrected chi connectivity index (χ3v) is 4.59. The Balaban J connectivity index is 1.60. The molecule has 0 bridgehead atoms. The van der Waals surface area contributed by atoms with Crippen LogP contribution in [0.5, 0.6) is 0 Å². The van der Waals surface area contributed by atoms with Crippen molar-refractivity contribution in [2.45, 2.75) is 31.7 Å². The molecule has 1 N–H and O–H groups in total. The summed E-state index contributed by atoms with van der Waals surface area (Å²) in [5.41, 5.74) is 2.49. The Bertz CT molecular complexity index is 572. The summed E-state index contributed by atoms with van der Waals surface area (Å²) in [5.74, 6) is 0.478. The van der Waals surface area contributed by atoms with Crippen LogP contribution >= 0.6 is 0 Å². The van der Waals surface area contributed by atoms with E-state index >= 15 is 0 Å². The highest BCUT2D eigenvalue weighted by molar-refractivity contribution is 5.83. The summed E-state index contributed by atoms with van der Waals surface area (Å²) >= 11 is 0. The minimum absolute atomic E-state index is 0.0155. The number of carbonyl (C=O) groups is 1. The van der Waals surface area contributed by atoms with Gasteiger partial charge in [0.05, 0.1) is 12.7 Å². The first kappa shape index (κ1) is 14.1. The lowest BCUT2D eigenvalue weighted by molar-refractivity contribution is -0.123. The van der Waals surface area contributed by atoms with Crippen LogP contribution in [0.1, 0.15) is 29.9 Å². The zero-order chi connectivity index (χ0) is 14.8. The molecule has 3 rings (SSSR count). The minimum Gasteiger partial charge on any atom is -0.381 e. The lowest BCUT2D eigenvalue weighted by Gasteiger charge is -2.16. The molecule has 4 nitrogen and oxygen atoms in total. The van der Waals surface area contributed by atoms with Crippen molar-refractivity contribution in [3.8, 4) is 6.07 Å². The summed E-state index contributed by atoms with van der Waals surface area (Å²) in [6.45, 7) is 3.34. The van der Waals surface area contributed by atoms with E-state index in [0.717, 1.165) is 12.8 Å². The van der Waals surface area contributed by atoms with Gasteiger partial charge < -0.3 is 10.1 Å². The van der Waals surface area contributed by atoms with Gasteiger partial charge in [0.15, 0.2) is 0 Å². The van der Waals surface area contributed by atoms with Gasteiger partial charge in [0.1, 0.15) is 6.04 Å². The van der Waals surface area contributed by atoms with Gasteiger partial charge in [-0.05, 0) is 36.8 Å². The normalized spacial score (nSPS) is 28.7. The number of nitrogens with one attached hydrogen (secondary N) is 1. The Labute approximate surface area is 125 Å². The number of ether oxygens (including phenoxy) is 1. The number of hydrogen-bond acceptors (Lipinski definition) is 3. The van der Waals surface area contributed by atoms with Crippen LogP contribution in [0.25, 0.3) is 0 Å². The smallest absolute Gasteiger partial charge is 0.224 e. The third kappa shape index (κ3) is 2.93. The van der Waals surface area contributed by atoms with Gasteiger partial charge in [-0.25, -0.2) is 0 Å². The highest BCUT2D eigenvalue weighted by atomic mass is 16.5. The van der Waals surface area contributed by atoms with E-state index in [4.69, 9.17) is 4.74 Å². The van der Waals surface area contributed by atoms with E-state index in [9.17, 15) is 10.1 Å². The summed E-state index contributed by atoms with van der Waals surface area (Å²) in [6.07, 6.45) is 1.74. The zero-order valence-corrected chi connectivity index (χ0v) is 12.2. The molecule has 1 aliphatic heterocycles. The van der Waals surface area contributed by atoms with Gasteiger partial charge in [-0.15, -0.1) is 0 Å². The number of benzene rings is 1. The van der Waals surface area contributed by atoms with Crippen molar-refractivity contribution in [2.24, 2.45) is 11.8 Å². The second-order valence-electron chi connectivity index (χ2n) is 6.04. The Kier molecular flexibility index (Phi) is 3.94. The standard InChI is InChI=1S/C17H20N2O2/c1-11-4-2-3-5-13(11)14-8-15(14)17(20)19-16(9-18)12-6-7-21-10-12/h2-5,12,14-16H,6-8,10H2,1H3,(H,19,20)/t12-,14+,15+,16+/m1/s1. The summed E-state index contributed by atoms with van der Waals surface area (Å²) < 4.78 is 5.30. The molecule has 21 heavy (non-hydrogen) atoms. The lowest BCUT2D eigenvalue weighted by atomic mass is 9.99. The van der Waals surface area contributed by atoms with E-state index in [2.05, 4.69) is 30.4 Å². The number of amides is 1. The Morgan fingerprint density at radius 2 is 2.29 bits per heavy atom. The van der Waals surface area contributed by atoms with Crippen molar-refractivity contribution >= 4 is 5.91 Å². The summed E-state index contributed by atoms with van der Waals surface area (Å²) in [6, 6.07) is 10.0. The molecule has 1 aliphatic carbocycles. The molecule has 1 saturated carbocycles. The average Bonchev–Trinajstić information content (AvgIpc) is 3.10. The summed E-state index contributed by atoms with van der Waals surface area (Å²) in [5, 5.41) is 12.2. The van der Waals surface area contributed by atoms with Crippen LogP contribution in [0.4, 0.5) is 0 Å². The molecule has 0 spiro atoms. The van der Waals surface area contributed by atoms with Crippen molar-refractivity contribution in [3.63, 3.8) is 0 Å². The number of rotatable bonds is 4. The molecule has 1 heterocycles. The van der Waals surface area contributed by atoms with E-state index in [1.165, 1.54) is 11.1 Å². The molecule has 0 radical (unpaired) electrons. The molecule has 0 unspecified atom stereocenters. The van der Waals surface area contributed by atoms with Crippen molar-refractivity contribution in [3.05, 3.63) is 35.4 Å². The molecular formula is C17H20N2O2. The second kappa shape index (κ2) is 5.87. The van der Waals surface area contributed by atoms with Crippen LogP contribution in [0.2, 0.25) is 0 Å². The molecule has 110 valence electrons. The number of aryl methyl sites for hydroxylation is 1. The van der Waals surface area contributed by atoms with Crippen LogP contribution in [0.15, 0.2) is 24.3 Å². The first-order valence-electron chi connectivity index (χ1n) is 7.54. The van der Waals surface area contributed by atoms with Crippen molar-refractivity contribution < 1.29 is 9.53 Å². The van der Waals surface area contributed by atoms with Gasteiger partial charge in [0, 0.05) is 18.4 Å². The Morgan fingerprint density at radius 3 is 2.95 bits per heavy atom. The third-order valence-electron chi connectivity index (χ3n) is 4.59. The first-order chi connectivity index (χ1) is 10.2. The SMILES string of the molecule is Cc1ccccc1[C@@H]1C[C@@H]1C(=O)N[C@@H](C#N)[C@@H]1CCOC1. The maximum absolute atomic E-state index is 12.3. The molecule has 0 aromatic heterocycles. The molecule has 2 aliphatic rings. The van der Waals surface area contributed by atoms with Crippen LogP contribution in [0.3, 0.4) is 0 Å². The van der Waals surface area contributed by atoms with Gasteiger partial charge in [-0.2, -0.15) is 5.26 Å². The van der Waals surface area contributed by atoms with Crippen LogP contribution in [-0.2, 0) is 9.53 Å². The maximum Gasteiger partial charge on any atom is 0.224 e. The highest BCUT2D eigenvalue weighted by Crippen LogP contribution is 2.48. The molecule has 2 fully saturated rings. The average molecular weight is 284 g/mol. The molecule has 1 aromatic rings. The molecular weight excluding hydrogens is 264 g/mol. The number of hydrogen-bond donors (Lipinski definition) is 1. The predicted molar refractivity (Wildman–Crippen MR) is 78.5 cm³/mol. The van der Waals surface area contributed by atoms with Crippen molar-refractivity contribution in [1.82, 2.24) is 5.32 Å². The largest absolute Gasteiger partial charge is 0.381 e. The van der Waals surface area contributed by atoms with Crippen molar-refractivity contribution in [2.75, 3.05) is 13.2 Å². The van der Waals surface area contributed by atoms with Gasteiger partial charge >= 0.3 is 0 Å². The monoisotopic (exact) mass is 284 g/mol. The van der Waals surface area contributed by atoms with Gasteiger partial charge in [-0.1, -0.05) is 24.3 Å². The predicted octanol–water partition coefficient (Wildman–Crippen LogP) is 2.14. The first-order valence-corrected chi connectivity index (χ1v) is 7.54. The van der Waals surface area contributed by atoms with E-state index < -0.39 is 6.04 Å². The molecule has 1 amide bonds. The second-order valence-corrected chi connectivity index (χ2v) is 6.04. The quantitative estimate of drug-likeness (QED) is 0.921. The van der Waals surface area contributed by atoms with Crippen LogP contribution in [-0.4, -0.2) is 25.2 Å².